The smallest absolute Gasteiger partial charge is 0.118 e. The highest BCUT2D eigenvalue weighted by Crippen LogP contribution is 2.12. The number of rotatable bonds is 7. The van der Waals surface area contributed by atoms with E-state index in [2.05, 4.69) is 33.6 Å². The van der Waals surface area contributed by atoms with E-state index in [1.807, 2.05) is 30.9 Å². The first-order chi connectivity index (χ1) is 9.28. The third kappa shape index (κ3) is 4.41. The Kier molecular flexibility index (Phi) is 4.98. The number of ether oxygens (including phenoxy) is 1. The maximum atomic E-state index is 5.16. The van der Waals surface area contributed by atoms with Gasteiger partial charge in [0.2, 0.25) is 0 Å². The molecule has 0 bridgehead atoms. The molecule has 0 saturated heterocycles. The molecule has 102 valence electrons. The van der Waals surface area contributed by atoms with Gasteiger partial charge in [-0.2, -0.15) is 0 Å². The largest absolute Gasteiger partial charge is 0.497 e. The summed E-state index contributed by atoms with van der Waals surface area (Å²) in [4.78, 5) is 6.37. The molecule has 0 saturated carbocycles. The van der Waals surface area contributed by atoms with E-state index >= 15 is 0 Å². The van der Waals surface area contributed by atoms with Crippen LogP contribution >= 0.6 is 0 Å². The van der Waals surface area contributed by atoms with Crippen LogP contribution < -0.4 is 4.74 Å². The van der Waals surface area contributed by atoms with Crippen LogP contribution in [0.1, 0.15) is 12.0 Å². The number of aromatic nitrogens is 2. The van der Waals surface area contributed by atoms with E-state index in [9.17, 15) is 0 Å². The summed E-state index contributed by atoms with van der Waals surface area (Å²) in [5.41, 5.74) is 1.31. The van der Waals surface area contributed by atoms with Gasteiger partial charge in [0.1, 0.15) is 5.75 Å². The zero-order valence-corrected chi connectivity index (χ0v) is 11.6. The molecular weight excluding hydrogens is 238 g/mol. The summed E-state index contributed by atoms with van der Waals surface area (Å²) in [6.45, 7) is 3.06. The van der Waals surface area contributed by atoms with E-state index in [0.717, 1.165) is 31.8 Å². The molecule has 0 aliphatic carbocycles. The predicted octanol–water partition coefficient (Wildman–Crippen LogP) is 2.41. The van der Waals surface area contributed by atoms with Gasteiger partial charge in [0.25, 0.3) is 0 Å². The van der Waals surface area contributed by atoms with Crippen molar-refractivity contribution < 1.29 is 4.74 Å². The van der Waals surface area contributed by atoms with Crippen molar-refractivity contribution in [3.63, 3.8) is 0 Å². The molecule has 0 fully saturated rings. The topological polar surface area (TPSA) is 30.3 Å². The summed E-state index contributed by atoms with van der Waals surface area (Å²) in [6.07, 6.45) is 6.82. The normalized spacial score (nSPS) is 10.9. The number of imidazole rings is 1. The summed E-state index contributed by atoms with van der Waals surface area (Å²) >= 11 is 0. The molecular formula is C15H21N3O. The first kappa shape index (κ1) is 13.6. The molecule has 0 aliphatic heterocycles. The molecule has 1 heterocycles. The second kappa shape index (κ2) is 6.95. The van der Waals surface area contributed by atoms with Crippen molar-refractivity contribution in [3.05, 3.63) is 48.5 Å². The first-order valence-corrected chi connectivity index (χ1v) is 6.55. The summed E-state index contributed by atoms with van der Waals surface area (Å²) in [6, 6.07) is 8.25. The van der Waals surface area contributed by atoms with Gasteiger partial charge in [-0.3, -0.25) is 0 Å². The standard InChI is InChI=1S/C15H21N3O/c1-17(9-3-10-18-11-8-16-13-18)12-14-4-6-15(19-2)7-5-14/h4-8,11,13H,3,9-10,12H2,1-2H3. The number of hydrogen-bond donors (Lipinski definition) is 0. The summed E-state index contributed by atoms with van der Waals surface area (Å²) < 4.78 is 7.27. The summed E-state index contributed by atoms with van der Waals surface area (Å²) in [7, 11) is 3.84. The van der Waals surface area contributed by atoms with Crippen LogP contribution in [0.4, 0.5) is 0 Å². The lowest BCUT2D eigenvalue weighted by atomic mass is 10.2. The van der Waals surface area contributed by atoms with E-state index in [0.29, 0.717) is 0 Å². The van der Waals surface area contributed by atoms with Crippen LogP contribution in [0.15, 0.2) is 43.0 Å². The molecule has 2 aromatic rings. The van der Waals surface area contributed by atoms with Crippen LogP contribution in [-0.4, -0.2) is 35.2 Å². The van der Waals surface area contributed by atoms with Crippen molar-refractivity contribution in [3.8, 4) is 5.75 Å². The second-order valence-corrected chi connectivity index (χ2v) is 4.74. The summed E-state index contributed by atoms with van der Waals surface area (Å²) in [5, 5.41) is 0. The Bertz CT molecular complexity index is 465. The lowest BCUT2D eigenvalue weighted by molar-refractivity contribution is 0.314. The maximum absolute atomic E-state index is 5.16. The SMILES string of the molecule is COc1ccc(CN(C)CCCn2ccnc2)cc1. The molecule has 0 radical (unpaired) electrons. The van der Waals surface area contributed by atoms with Crippen LogP contribution in [0.5, 0.6) is 5.75 Å². The molecule has 19 heavy (non-hydrogen) atoms. The van der Waals surface area contributed by atoms with Crippen molar-refractivity contribution in [1.82, 2.24) is 14.5 Å². The molecule has 0 atom stereocenters. The van der Waals surface area contributed by atoms with Gasteiger partial charge < -0.3 is 14.2 Å². The fourth-order valence-corrected chi connectivity index (χ4v) is 2.06. The van der Waals surface area contributed by atoms with Gasteiger partial charge in [0.15, 0.2) is 0 Å². The lowest BCUT2D eigenvalue weighted by Gasteiger charge is -2.17. The van der Waals surface area contributed by atoms with E-state index in [1.54, 1.807) is 7.11 Å². The van der Waals surface area contributed by atoms with Crippen molar-refractivity contribution in [1.29, 1.82) is 0 Å². The Labute approximate surface area is 114 Å². The van der Waals surface area contributed by atoms with Crippen molar-refractivity contribution >= 4 is 0 Å². The molecule has 4 heteroatoms. The number of aryl methyl sites for hydroxylation is 1. The van der Waals surface area contributed by atoms with Gasteiger partial charge in [0, 0.05) is 25.5 Å². The Hall–Kier alpha value is -1.81. The Morgan fingerprint density at radius 1 is 1.26 bits per heavy atom. The Balaban J connectivity index is 1.72. The molecule has 1 aromatic carbocycles. The fourth-order valence-electron chi connectivity index (χ4n) is 2.06. The van der Waals surface area contributed by atoms with Gasteiger partial charge in [-0.05, 0) is 37.7 Å². The zero-order valence-electron chi connectivity index (χ0n) is 11.6. The first-order valence-electron chi connectivity index (χ1n) is 6.55. The lowest BCUT2D eigenvalue weighted by Crippen LogP contribution is -2.20. The third-order valence-corrected chi connectivity index (χ3v) is 3.13. The van der Waals surface area contributed by atoms with Crippen LogP contribution in [0, 0.1) is 0 Å². The molecule has 0 aliphatic rings. The van der Waals surface area contributed by atoms with Crippen LogP contribution in [0.25, 0.3) is 0 Å². The number of hydrogen-bond acceptors (Lipinski definition) is 3. The molecule has 0 N–H and O–H groups in total. The molecule has 0 unspecified atom stereocenters. The maximum Gasteiger partial charge on any atom is 0.118 e. The average molecular weight is 259 g/mol. The zero-order chi connectivity index (χ0) is 13.5. The van der Waals surface area contributed by atoms with Crippen LogP contribution in [0.3, 0.4) is 0 Å². The third-order valence-electron chi connectivity index (χ3n) is 3.13. The second-order valence-electron chi connectivity index (χ2n) is 4.74. The fraction of sp³-hybridized carbons (Fsp3) is 0.400. The van der Waals surface area contributed by atoms with Crippen LogP contribution in [0.2, 0.25) is 0 Å². The molecule has 0 spiro atoms. The van der Waals surface area contributed by atoms with Gasteiger partial charge in [0.05, 0.1) is 13.4 Å². The van der Waals surface area contributed by atoms with E-state index in [-0.39, 0.29) is 0 Å². The average Bonchev–Trinajstić information content (AvgIpc) is 2.93. The monoisotopic (exact) mass is 259 g/mol. The quantitative estimate of drug-likeness (QED) is 0.765. The van der Waals surface area contributed by atoms with Gasteiger partial charge in [-0.25, -0.2) is 4.98 Å². The van der Waals surface area contributed by atoms with Gasteiger partial charge >= 0.3 is 0 Å². The number of benzene rings is 1. The van der Waals surface area contributed by atoms with Crippen molar-refractivity contribution in [2.45, 2.75) is 19.5 Å². The molecule has 0 amide bonds. The predicted molar refractivity (Wildman–Crippen MR) is 76.2 cm³/mol. The highest BCUT2D eigenvalue weighted by molar-refractivity contribution is 5.26. The minimum Gasteiger partial charge on any atom is -0.497 e. The van der Waals surface area contributed by atoms with E-state index in [1.165, 1.54) is 5.56 Å². The van der Waals surface area contributed by atoms with E-state index in [4.69, 9.17) is 4.74 Å². The highest BCUT2D eigenvalue weighted by atomic mass is 16.5. The molecule has 2 rings (SSSR count). The van der Waals surface area contributed by atoms with Crippen molar-refractivity contribution in [2.24, 2.45) is 0 Å². The van der Waals surface area contributed by atoms with Crippen molar-refractivity contribution in [2.75, 3.05) is 20.7 Å². The minimum atomic E-state index is 0.909. The number of methoxy groups -OCH3 is 1. The van der Waals surface area contributed by atoms with E-state index < -0.39 is 0 Å². The van der Waals surface area contributed by atoms with Crippen LogP contribution in [-0.2, 0) is 13.1 Å². The molecule has 4 nitrogen and oxygen atoms in total. The number of nitrogens with zero attached hydrogens (tertiary/aromatic N) is 3. The highest BCUT2D eigenvalue weighted by Gasteiger charge is 2.01. The Morgan fingerprint density at radius 2 is 2.05 bits per heavy atom. The molecule has 1 aromatic heterocycles. The van der Waals surface area contributed by atoms with Gasteiger partial charge in [-0.15, -0.1) is 0 Å². The Morgan fingerprint density at radius 3 is 2.68 bits per heavy atom. The van der Waals surface area contributed by atoms with Gasteiger partial charge in [-0.1, -0.05) is 12.1 Å². The summed E-state index contributed by atoms with van der Waals surface area (Å²) in [5.74, 6) is 0.909. The minimum absolute atomic E-state index is 0.909.